The van der Waals surface area contributed by atoms with E-state index in [0.29, 0.717) is 24.5 Å². The number of rotatable bonds is 5. The second-order valence-corrected chi connectivity index (χ2v) is 7.29. The predicted octanol–water partition coefficient (Wildman–Crippen LogP) is 1.16. The van der Waals surface area contributed by atoms with E-state index >= 15 is 0 Å². The molecule has 2 fully saturated rings. The molecule has 7 heteroatoms. The molecule has 5 nitrogen and oxygen atoms in total. The number of ether oxygens (including phenoxy) is 1. The van der Waals surface area contributed by atoms with E-state index in [4.69, 9.17) is 9.84 Å². The van der Waals surface area contributed by atoms with Crippen molar-refractivity contribution in [2.24, 2.45) is 5.92 Å². The smallest absolute Gasteiger partial charge is 0.243 e. The Balaban J connectivity index is 1.83. The van der Waals surface area contributed by atoms with Gasteiger partial charge in [0.15, 0.2) is 0 Å². The summed E-state index contributed by atoms with van der Waals surface area (Å²) in [6.45, 7) is 0.188. The van der Waals surface area contributed by atoms with Crippen LogP contribution in [-0.2, 0) is 21.4 Å². The molecule has 21 heavy (non-hydrogen) atoms. The van der Waals surface area contributed by atoms with Gasteiger partial charge in [0.25, 0.3) is 0 Å². The molecule has 1 saturated carbocycles. The molecule has 2 N–H and O–H groups in total. The molecule has 0 radical (unpaired) electrons. The van der Waals surface area contributed by atoms with Crippen LogP contribution in [0.2, 0.25) is 0 Å². The van der Waals surface area contributed by atoms with Crippen LogP contribution in [-0.4, -0.2) is 32.3 Å². The first-order chi connectivity index (χ1) is 10.0. The van der Waals surface area contributed by atoms with E-state index in [-0.39, 0.29) is 18.8 Å². The van der Waals surface area contributed by atoms with Crippen LogP contribution < -0.4 is 4.72 Å². The molecule has 1 aromatic carbocycles. The highest BCUT2D eigenvalue weighted by molar-refractivity contribution is 7.89. The molecule has 1 aliphatic carbocycles. The van der Waals surface area contributed by atoms with Crippen LogP contribution in [0.25, 0.3) is 0 Å². The lowest BCUT2D eigenvalue weighted by atomic mass is 10.1. The van der Waals surface area contributed by atoms with E-state index in [1.165, 1.54) is 12.1 Å². The average molecular weight is 315 g/mol. The molecule has 2 unspecified atom stereocenters. The highest BCUT2D eigenvalue weighted by Gasteiger charge is 2.42. The fraction of sp³-hybridized carbons (Fsp3) is 0.571. The summed E-state index contributed by atoms with van der Waals surface area (Å²) in [5.41, 5.74) is 0.359. The number of hydrogen-bond acceptors (Lipinski definition) is 4. The Labute approximate surface area is 123 Å². The Morgan fingerprint density at radius 2 is 2.10 bits per heavy atom. The molecule has 1 saturated heterocycles. The lowest BCUT2D eigenvalue weighted by Gasteiger charge is -2.19. The minimum atomic E-state index is -3.96. The Bertz CT molecular complexity index is 630. The molecule has 0 aromatic heterocycles. The number of hydrogen-bond donors (Lipinski definition) is 2. The van der Waals surface area contributed by atoms with E-state index < -0.39 is 20.7 Å². The molecular formula is C14H18FNO4S. The van der Waals surface area contributed by atoms with E-state index in [1.54, 1.807) is 0 Å². The predicted molar refractivity (Wildman–Crippen MR) is 73.5 cm³/mol. The standard InChI is InChI=1S/C14H18FNO4S/c15-11-4-1-9(8-17)7-13(11)21(18,19)16-12-5-6-20-14(12)10-2-3-10/h1,4,7,10,12,14,16-17H,2-3,5-6,8H2. The summed E-state index contributed by atoms with van der Waals surface area (Å²) >= 11 is 0. The third kappa shape index (κ3) is 3.11. The first-order valence-corrected chi connectivity index (χ1v) is 8.53. The Morgan fingerprint density at radius 3 is 2.76 bits per heavy atom. The van der Waals surface area contributed by atoms with Gasteiger partial charge in [-0.25, -0.2) is 17.5 Å². The maximum atomic E-state index is 13.8. The molecule has 116 valence electrons. The van der Waals surface area contributed by atoms with Crippen molar-refractivity contribution < 1.29 is 22.7 Å². The maximum absolute atomic E-state index is 13.8. The lowest BCUT2D eigenvalue weighted by Crippen LogP contribution is -2.41. The normalized spacial score (nSPS) is 26.2. The van der Waals surface area contributed by atoms with Gasteiger partial charge < -0.3 is 9.84 Å². The molecule has 1 aromatic rings. The van der Waals surface area contributed by atoms with Gasteiger partial charge in [-0.05, 0) is 42.9 Å². The summed E-state index contributed by atoms with van der Waals surface area (Å²) in [5, 5.41) is 9.07. The van der Waals surface area contributed by atoms with Crippen LogP contribution in [0.1, 0.15) is 24.8 Å². The van der Waals surface area contributed by atoms with Gasteiger partial charge in [0, 0.05) is 6.61 Å². The van der Waals surface area contributed by atoms with Gasteiger partial charge >= 0.3 is 0 Å². The second-order valence-electron chi connectivity index (χ2n) is 5.61. The summed E-state index contributed by atoms with van der Waals surface area (Å²) in [7, 11) is -3.96. The molecule has 0 spiro atoms. The zero-order valence-electron chi connectivity index (χ0n) is 11.5. The van der Waals surface area contributed by atoms with Crippen molar-refractivity contribution in [3.8, 4) is 0 Å². The first kappa shape index (κ1) is 14.9. The third-order valence-corrected chi connectivity index (χ3v) is 5.50. The second kappa shape index (κ2) is 5.64. The Kier molecular flexibility index (Phi) is 4.00. The summed E-state index contributed by atoms with van der Waals surface area (Å²) in [6.07, 6.45) is 2.60. The zero-order valence-corrected chi connectivity index (χ0v) is 12.3. The average Bonchev–Trinajstić information content (AvgIpc) is 3.20. The monoisotopic (exact) mass is 315 g/mol. The highest BCUT2D eigenvalue weighted by atomic mass is 32.2. The Hall–Kier alpha value is -1.02. The van der Waals surface area contributed by atoms with Gasteiger partial charge in [0.05, 0.1) is 18.8 Å². The number of benzene rings is 1. The molecule has 3 rings (SSSR count). The fourth-order valence-electron chi connectivity index (χ4n) is 2.74. The number of aliphatic hydroxyl groups is 1. The van der Waals surface area contributed by atoms with Gasteiger partial charge in [-0.2, -0.15) is 0 Å². The molecule has 0 amide bonds. The summed E-state index contributed by atoms with van der Waals surface area (Å²) in [4.78, 5) is -0.421. The number of sulfonamides is 1. The molecule has 1 heterocycles. The molecular weight excluding hydrogens is 297 g/mol. The van der Waals surface area contributed by atoms with Crippen LogP contribution in [0.3, 0.4) is 0 Å². The quantitative estimate of drug-likeness (QED) is 0.855. The van der Waals surface area contributed by atoms with Crippen molar-refractivity contribution in [1.29, 1.82) is 0 Å². The first-order valence-electron chi connectivity index (χ1n) is 7.04. The molecule has 2 atom stereocenters. The Morgan fingerprint density at radius 1 is 1.33 bits per heavy atom. The van der Waals surface area contributed by atoms with Gasteiger partial charge in [-0.1, -0.05) is 6.07 Å². The van der Waals surface area contributed by atoms with E-state index in [9.17, 15) is 12.8 Å². The minimum Gasteiger partial charge on any atom is -0.392 e. The largest absolute Gasteiger partial charge is 0.392 e. The van der Waals surface area contributed by atoms with Crippen LogP contribution in [0.5, 0.6) is 0 Å². The topological polar surface area (TPSA) is 75.6 Å². The lowest BCUT2D eigenvalue weighted by molar-refractivity contribution is 0.0848. The highest BCUT2D eigenvalue weighted by Crippen LogP contribution is 2.39. The van der Waals surface area contributed by atoms with Crippen LogP contribution >= 0.6 is 0 Å². The maximum Gasteiger partial charge on any atom is 0.243 e. The van der Waals surface area contributed by atoms with Crippen molar-refractivity contribution in [3.63, 3.8) is 0 Å². The van der Waals surface area contributed by atoms with Crippen LogP contribution in [0.4, 0.5) is 4.39 Å². The van der Waals surface area contributed by atoms with Crippen molar-refractivity contribution in [3.05, 3.63) is 29.6 Å². The SMILES string of the molecule is O=S(=O)(NC1CCOC1C1CC1)c1cc(CO)ccc1F. The van der Waals surface area contributed by atoms with Crippen molar-refractivity contribution in [1.82, 2.24) is 4.72 Å². The molecule has 1 aliphatic heterocycles. The summed E-state index contributed by atoms with van der Waals surface area (Å²) < 4.78 is 46.7. The van der Waals surface area contributed by atoms with Crippen LogP contribution in [0.15, 0.2) is 23.1 Å². The van der Waals surface area contributed by atoms with Crippen molar-refractivity contribution >= 4 is 10.0 Å². The molecule has 2 aliphatic rings. The fourth-order valence-corrected chi connectivity index (χ4v) is 4.15. The third-order valence-electron chi connectivity index (χ3n) is 4.00. The number of halogens is 1. The van der Waals surface area contributed by atoms with Gasteiger partial charge in [0.2, 0.25) is 10.0 Å². The minimum absolute atomic E-state index is 0.108. The van der Waals surface area contributed by atoms with Crippen LogP contribution in [0, 0.1) is 11.7 Å². The summed E-state index contributed by atoms with van der Waals surface area (Å²) in [5.74, 6) is -0.407. The zero-order chi connectivity index (χ0) is 15.0. The number of aliphatic hydroxyl groups excluding tert-OH is 1. The van der Waals surface area contributed by atoms with Gasteiger partial charge in [-0.3, -0.25) is 0 Å². The van der Waals surface area contributed by atoms with E-state index in [2.05, 4.69) is 4.72 Å². The summed E-state index contributed by atoms with van der Waals surface area (Å²) in [6, 6.07) is 3.28. The van der Waals surface area contributed by atoms with Gasteiger partial charge in [0.1, 0.15) is 10.7 Å². The van der Waals surface area contributed by atoms with Crippen molar-refractivity contribution in [2.75, 3.05) is 6.61 Å². The van der Waals surface area contributed by atoms with E-state index in [0.717, 1.165) is 18.9 Å². The molecule has 0 bridgehead atoms. The number of nitrogens with one attached hydrogen (secondary N) is 1. The van der Waals surface area contributed by atoms with Crippen molar-refractivity contribution in [2.45, 2.75) is 42.9 Å². The van der Waals surface area contributed by atoms with Gasteiger partial charge in [-0.15, -0.1) is 0 Å². The van der Waals surface area contributed by atoms with E-state index in [1.807, 2.05) is 0 Å².